The molecule has 0 aliphatic rings. The highest BCUT2D eigenvalue weighted by atomic mass is 79.9. The average molecular weight is 589 g/mol. The molecular weight excluding hydrogens is 572 g/mol. The van der Waals surface area contributed by atoms with E-state index in [1.165, 1.54) is 7.11 Å². The number of halogens is 3. The van der Waals surface area contributed by atoms with Crippen LogP contribution in [0.5, 0.6) is 11.5 Å². The second-order valence-corrected chi connectivity index (χ2v) is 8.44. The van der Waals surface area contributed by atoms with Gasteiger partial charge >= 0.3 is 11.8 Å². The molecule has 168 valence electrons. The van der Waals surface area contributed by atoms with Gasteiger partial charge in [-0.3, -0.25) is 9.59 Å². The summed E-state index contributed by atoms with van der Waals surface area (Å²) in [5.74, 6) is 0.0644. The van der Waals surface area contributed by atoms with Crippen molar-refractivity contribution in [3.63, 3.8) is 0 Å². The summed E-state index contributed by atoms with van der Waals surface area (Å²) in [6.45, 7) is 0.186. The number of ether oxygens (including phenoxy) is 2. The van der Waals surface area contributed by atoms with E-state index in [0.717, 1.165) is 8.95 Å². The molecular formula is C20H17Br2ClN4O5. The van der Waals surface area contributed by atoms with Gasteiger partial charge in [0.2, 0.25) is 5.82 Å². The van der Waals surface area contributed by atoms with Gasteiger partial charge in [-0.25, -0.2) is 0 Å². The molecule has 0 aliphatic carbocycles. The van der Waals surface area contributed by atoms with Gasteiger partial charge in [-0.05, 0) is 52.3 Å². The topological polar surface area (TPSA) is 116 Å². The number of hydrogen-bond donors (Lipinski definition) is 2. The molecule has 0 bridgehead atoms. The molecule has 2 aromatic carbocycles. The summed E-state index contributed by atoms with van der Waals surface area (Å²) in [6.07, 6.45) is 0. The fourth-order valence-electron chi connectivity index (χ4n) is 2.52. The van der Waals surface area contributed by atoms with Crippen molar-refractivity contribution >= 4 is 55.3 Å². The lowest BCUT2D eigenvalue weighted by Crippen LogP contribution is -2.36. The predicted octanol–water partition coefficient (Wildman–Crippen LogP) is 3.85. The Morgan fingerprint density at radius 1 is 1.09 bits per heavy atom. The van der Waals surface area contributed by atoms with Crippen LogP contribution in [0.15, 0.2) is 49.9 Å². The summed E-state index contributed by atoms with van der Waals surface area (Å²) >= 11 is 12.7. The van der Waals surface area contributed by atoms with E-state index in [1.807, 2.05) is 6.07 Å². The molecule has 32 heavy (non-hydrogen) atoms. The van der Waals surface area contributed by atoms with Crippen LogP contribution < -0.4 is 20.1 Å². The first kappa shape index (κ1) is 24.0. The maximum absolute atomic E-state index is 12.2. The van der Waals surface area contributed by atoms with E-state index < -0.39 is 5.91 Å². The van der Waals surface area contributed by atoms with Crippen LogP contribution in [0.25, 0.3) is 11.4 Å². The molecule has 9 nitrogen and oxygen atoms in total. The summed E-state index contributed by atoms with van der Waals surface area (Å²) in [5.41, 5.74) is 0.493. The standard InChI is InChI=1S/C20H17Br2ClN4O5/c1-30-15-5-3-12(23)9-13(15)18-26-20(32-27-18)19(29)25-7-6-24-17(28)10-31-16-4-2-11(21)8-14(16)22/h2-5,8-9H,6-7,10H2,1H3,(H,24,28)(H,25,29). The quantitative estimate of drug-likeness (QED) is 0.365. The van der Waals surface area contributed by atoms with E-state index in [1.54, 1.807) is 30.3 Å². The first-order valence-electron chi connectivity index (χ1n) is 9.17. The number of carbonyl (C=O) groups is 2. The van der Waals surface area contributed by atoms with Crippen LogP contribution in [0, 0.1) is 0 Å². The minimum atomic E-state index is -0.575. The highest BCUT2D eigenvalue weighted by molar-refractivity contribution is 9.11. The third kappa shape index (κ3) is 6.44. The number of methoxy groups -OCH3 is 1. The molecule has 0 radical (unpaired) electrons. The van der Waals surface area contributed by atoms with Crippen molar-refractivity contribution in [1.82, 2.24) is 20.8 Å². The zero-order chi connectivity index (χ0) is 23.1. The van der Waals surface area contributed by atoms with Crippen molar-refractivity contribution in [3.05, 3.63) is 56.3 Å². The summed E-state index contributed by atoms with van der Waals surface area (Å²) < 4.78 is 17.3. The molecule has 2 N–H and O–H groups in total. The predicted molar refractivity (Wildman–Crippen MR) is 124 cm³/mol. The number of aromatic nitrogens is 2. The molecule has 0 fully saturated rings. The molecule has 2 amide bonds. The number of nitrogens with zero attached hydrogens (tertiary/aromatic N) is 2. The van der Waals surface area contributed by atoms with E-state index in [0.29, 0.717) is 22.1 Å². The molecule has 0 spiro atoms. The lowest BCUT2D eigenvalue weighted by Gasteiger charge is -2.09. The van der Waals surface area contributed by atoms with Gasteiger partial charge in [0.1, 0.15) is 11.5 Å². The molecule has 12 heteroatoms. The number of amides is 2. The third-order valence-electron chi connectivity index (χ3n) is 4.01. The molecule has 0 atom stereocenters. The van der Waals surface area contributed by atoms with Crippen molar-refractivity contribution in [1.29, 1.82) is 0 Å². The highest BCUT2D eigenvalue weighted by Crippen LogP contribution is 2.30. The molecule has 0 saturated carbocycles. The zero-order valence-corrected chi connectivity index (χ0v) is 20.6. The Labute approximate surface area is 205 Å². The normalized spacial score (nSPS) is 10.5. The van der Waals surface area contributed by atoms with E-state index in [-0.39, 0.29) is 37.3 Å². The van der Waals surface area contributed by atoms with Crippen molar-refractivity contribution in [2.75, 3.05) is 26.8 Å². The van der Waals surface area contributed by atoms with Gasteiger partial charge in [0.05, 0.1) is 17.1 Å². The van der Waals surface area contributed by atoms with Gasteiger partial charge < -0.3 is 24.6 Å². The van der Waals surface area contributed by atoms with E-state index in [9.17, 15) is 9.59 Å². The number of nitrogens with one attached hydrogen (secondary N) is 2. The van der Waals surface area contributed by atoms with Gasteiger partial charge in [0.15, 0.2) is 6.61 Å². The van der Waals surface area contributed by atoms with Crippen molar-refractivity contribution in [2.45, 2.75) is 0 Å². The molecule has 3 aromatic rings. The van der Waals surface area contributed by atoms with E-state index >= 15 is 0 Å². The van der Waals surface area contributed by atoms with Crippen LogP contribution in [-0.4, -0.2) is 48.8 Å². The van der Waals surface area contributed by atoms with Crippen molar-refractivity contribution < 1.29 is 23.6 Å². The maximum atomic E-state index is 12.2. The fourth-order valence-corrected chi connectivity index (χ4v) is 3.85. The molecule has 0 saturated heterocycles. The molecule has 0 aliphatic heterocycles. The Hall–Kier alpha value is -2.63. The Kier molecular flexibility index (Phi) is 8.48. The Morgan fingerprint density at radius 2 is 1.84 bits per heavy atom. The van der Waals surface area contributed by atoms with E-state index in [4.69, 9.17) is 25.6 Å². The summed E-state index contributed by atoms with van der Waals surface area (Å²) in [5, 5.41) is 9.49. The molecule has 3 rings (SSSR count). The zero-order valence-electron chi connectivity index (χ0n) is 16.7. The minimum Gasteiger partial charge on any atom is -0.496 e. The first-order valence-corrected chi connectivity index (χ1v) is 11.1. The first-order chi connectivity index (χ1) is 15.4. The second kappa shape index (κ2) is 11.3. The average Bonchev–Trinajstić information content (AvgIpc) is 3.26. The Balaban J connectivity index is 1.44. The summed E-state index contributed by atoms with van der Waals surface area (Å²) in [7, 11) is 1.50. The Bertz CT molecular complexity index is 1130. The lowest BCUT2D eigenvalue weighted by atomic mass is 10.2. The van der Waals surface area contributed by atoms with Gasteiger partial charge in [0.25, 0.3) is 5.91 Å². The monoisotopic (exact) mass is 586 g/mol. The van der Waals surface area contributed by atoms with Crippen LogP contribution in [0.4, 0.5) is 0 Å². The number of benzene rings is 2. The van der Waals surface area contributed by atoms with Gasteiger partial charge in [-0.15, -0.1) is 0 Å². The minimum absolute atomic E-state index is 0.157. The van der Waals surface area contributed by atoms with Gasteiger partial charge in [-0.1, -0.05) is 32.7 Å². The van der Waals surface area contributed by atoms with Crippen molar-refractivity contribution in [2.24, 2.45) is 0 Å². The fraction of sp³-hybridized carbons (Fsp3) is 0.200. The van der Waals surface area contributed by atoms with Gasteiger partial charge in [0, 0.05) is 22.6 Å². The third-order valence-corrected chi connectivity index (χ3v) is 5.36. The van der Waals surface area contributed by atoms with Gasteiger partial charge in [-0.2, -0.15) is 4.98 Å². The number of rotatable bonds is 9. The van der Waals surface area contributed by atoms with Crippen LogP contribution in [-0.2, 0) is 4.79 Å². The number of hydrogen-bond acceptors (Lipinski definition) is 7. The van der Waals surface area contributed by atoms with Crippen LogP contribution in [0.1, 0.15) is 10.7 Å². The second-order valence-electron chi connectivity index (χ2n) is 6.24. The SMILES string of the molecule is COc1ccc(Cl)cc1-c1noc(C(=O)NCCNC(=O)COc2ccc(Br)cc2Br)n1. The summed E-state index contributed by atoms with van der Waals surface area (Å²) in [4.78, 5) is 28.2. The molecule has 1 aromatic heterocycles. The largest absolute Gasteiger partial charge is 0.496 e. The molecule has 0 unspecified atom stereocenters. The Morgan fingerprint density at radius 3 is 2.59 bits per heavy atom. The van der Waals surface area contributed by atoms with Crippen LogP contribution >= 0.6 is 43.5 Å². The molecule has 1 heterocycles. The van der Waals surface area contributed by atoms with Crippen LogP contribution in [0.3, 0.4) is 0 Å². The lowest BCUT2D eigenvalue weighted by molar-refractivity contribution is -0.123. The van der Waals surface area contributed by atoms with E-state index in [2.05, 4.69) is 52.6 Å². The summed E-state index contributed by atoms with van der Waals surface area (Å²) in [6, 6.07) is 10.3. The number of carbonyl (C=O) groups excluding carboxylic acids is 2. The van der Waals surface area contributed by atoms with Crippen molar-refractivity contribution in [3.8, 4) is 22.9 Å². The van der Waals surface area contributed by atoms with Crippen LogP contribution in [0.2, 0.25) is 5.02 Å². The smallest absolute Gasteiger partial charge is 0.316 e. The highest BCUT2D eigenvalue weighted by Gasteiger charge is 2.18. The maximum Gasteiger partial charge on any atom is 0.316 e.